The largest absolute Gasteiger partial charge is 0.339 e. The van der Waals surface area contributed by atoms with E-state index < -0.39 is 10.0 Å². The highest BCUT2D eigenvalue weighted by atomic mass is 32.2. The Kier molecular flexibility index (Phi) is 4.44. The van der Waals surface area contributed by atoms with E-state index in [1.165, 1.54) is 21.5 Å². The van der Waals surface area contributed by atoms with E-state index in [1.54, 1.807) is 17.7 Å². The van der Waals surface area contributed by atoms with Crippen molar-refractivity contribution in [3.8, 4) is 0 Å². The molecule has 1 aliphatic heterocycles. The van der Waals surface area contributed by atoms with E-state index in [4.69, 9.17) is 0 Å². The van der Waals surface area contributed by atoms with Crippen LogP contribution in [0.25, 0.3) is 0 Å². The van der Waals surface area contributed by atoms with Gasteiger partial charge < -0.3 is 4.57 Å². The van der Waals surface area contributed by atoms with E-state index in [1.807, 2.05) is 0 Å². The Morgan fingerprint density at radius 3 is 2.81 bits per heavy atom. The van der Waals surface area contributed by atoms with E-state index in [9.17, 15) is 13.2 Å². The number of hydrogen-bond donors (Lipinski definition) is 0. The lowest BCUT2D eigenvalue weighted by molar-refractivity contribution is 0.332. The molecule has 0 aromatic carbocycles. The molecule has 0 spiro atoms. The first-order valence-corrected chi connectivity index (χ1v) is 10.5. The molecule has 3 heterocycles. The van der Waals surface area contributed by atoms with Crippen LogP contribution in [-0.4, -0.2) is 44.6 Å². The Hall–Kier alpha value is -2.00. The molecule has 1 saturated heterocycles. The van der Waals surface area contributed by atoms with Crippen LogP contribution >= 0.6 is 0 Å². The summed E-state index contributed by atoms with van der Waals surface area (Å²) < 4.78 is 30.4. The highest BCUT2D eigenvalue weighted by Gasteiger charge is 2.37. The van der Waals surface area contributed by atoms with Gasteiger partial charge in [-0.2, -0.15) is 9.40 Å². The molecule has 2 aromatic rings. The molecule has 0 bridgehead atoms. The second-order valence-corrected chi connectivity index (χ2v) is 8.97. The molecule has 0 amide bonds. The third-order valence-corrected chi connectivity index (χ3v) is 7.07. The molecule has 1 unspecified atom stereocenters. The molecular formula is C17H23N5O3S. The monoisotopic (exact) mass is 377 g/mol. The maximum atomic E-state index is 12.9. The van der Waals surface area contributed by atoms with E-state index in [0.29, 0.717) is 6.54 Å². The van der Waals surface area contributed by atoms with Crippen molar-refractivity contribution in [1.82, 2.24) is 23.6 Å². The molecule has 0 radical (unpaired) electrons. The Balaban J connectivity index is 1.61. The number of aromatic nitrogens is 4. The highest BCUT2D eigenvalue weighted by Crippen LogP contribution is 2.26. The number of rotatable bonds is 4. The van der Waals surface area contributed by atoms with Gasteiger partial charge in [-0.15, -0.1) is 0 Å². The van der Waals surface area contributed by atoms with Gasteiger partial charge in [0.1, 0.15) is 0 Å². The second kappa shape index (κ2) is 6.62. The van der Waals surface area contributed by atoms with Gasteiger partial charge >= 0.3 is 0 Å². The summed E-state index contributed by atoms with van der Waals surface area (Å²) in [5.74, 6) is 0. The average molecular weight is 377 g/mol. The molecule has 2 aromatic heterocycles. The van der Waals surface area contributed by atoms with Crippen LogP contribution in [0.1, 0.15) is 36.9 Å². The first-order chi connectivity index (χ1) is 12.4. The van der Waals surface area contributed by atoms with Gasteiger partial charge in [-0.25, -0.2) is 18.1 Å². The molecule has 26 heavy (non-hydrogen) atoms. The summed E-state index contributed by atoms with van der Waals surface area (Å²) in [5.41, 5.74) is 1.88. The molecule has 0 saturated carbocycles. The van der Waals surface area contributed by atoms with Crippen molar-refractivity contribution < 1.29 is 8.42 Å². The fourth-order valence-corrected chi connectivity index (χ4v) is 5.54. The summed E-state index contributed by atoms with van der Waals surface area (Å²) in [6.07, 6.45) is 8.45. The fourth-order valence-electron chi connectivity index (χ4n) is 3.88. The van der Waals surface area contributed by atoms with Gasteiger partial charge in [-0.05, 0) is 44.1 Å². The van der Waals surface area contributed by atoms with Crippen LogP contribution in [0.5, 0.6) is 0 Å². The van der Waals surface area contributed by atoms with Crippen molar-refractivity contribution in [2.45, 2.75) is 56.1 Å². The van der Waals surface area contributed by atoms with E-state index in [2.05, 4.69) is 10.1 Å². The van der Waals surface area contributed by atoms with Crippen molar-refractivity contribution >= 4 is 10.0 Å². The smallest absolute Gasteiger partial charge is 0.267 e. The number of aryl methyl sites for hydroxylation is 3. The van der Waals surface area contributed by atoms with Crippen LogP contribution < -0.4 is 5.56 Å². The molecule has 1 atom stereocenters. The summed E-state index contributed by atoms with van der Waals surface area (Å²) >= 11 is 0. The van der Waals surface area contributed by atoms with Gasteiger partial charge in [-0.3, -0.25) is 4.79 Å². The molecule has 0 N–H and O–H groups in total. The predicted octanol–water partition coefficient (Wildman–Crippen LogP) is 0.709. The van der Waals surface area contributed by atoms with Crippen molar-refractivity contribution in [3.05, 3.63) is 40.2 Å². The van der Waals surface area contributed by atoms with Gasteiger partial charge in [0, 0.05) is 31.9 Å². The van der Waals surface area contributed by atoms with Crippen LogP contribution in [0.15, 0.2) is 28.4 Å². The third kappa shape index (κ3) is 3.09. The van der Waals surface area contributed by atoms with Crippen LogP contribution in [0.4, 0.5) is 0 Å². The Labute approximate surface area is 152 Å². The Morgan fingerprint density at radius 1 is 1.23 bits per heavy atom. The minimum absolute atomic E-state index is 0.0534. The zero-order chi connectivity index (χ0) is 18.3. The lowest BCUT2D eigenvalue weighted by Gasteiger charge is -2.24. The second-order valence-electron chi connectivity index (χ2n) is 7.13. The Morgan fingerprint density at radius 2 is 2.04 bits per heavy atom. The summed E-state index contributed by atoms with van der Waals surface area (Å²) in [7, 11) is -1.92. The van der Waals surface area contributed by atoms with E-state index in [0.717, 1.165) is 49.8 Å². The number of nitrogens with zero attached hydrogens (tertiary/aromatic N) is 5. The van der Waals surface area contributed by atoms with Crippen molar-refractivity contribution in [3.63, 3.8) is 0 Å². The maximum absolute atomic E-state index is 12.9. The highest BCUT2D eigenvalue weighted by molar-refractivity contribution is 7.89. The number of sulfonamides is 1. The SMILES string of the molecule is Cn1cnc(S(=O)(=O)N2CCCC2Cn2nc3c(cc2=O)CCCC3)c1. The normalized spacial score (nSPS) is 21.0. The number of imidazole rings is 1. The van der Waals surface area contributed by atoms with Crippen LogP contribution in [0.2, 0.25) is 0 Å². The van der Waals surface area contributed by atoms with E-state index in [-0.39, 0.29) is 23.2 Å². The number of hydrogen-bond acceptors (Lipinski definition) is 5. The van der Waals surface area contributed by atoms with Gasteiger partial charge in [0.05, 0.1) is 18.6 Å². The first-order valence-electron chi connectivity index (χ1n) is 9.05. The van der Waals surface area contributed by atoms with E-state index >= 15 is 0 Å². The predicted molar refractivity (Wildman–Crippen MR) is 95.3 cm³/mol. The van der Waals surface area contributed by atoms with Gasteiger partial charge in [0.25, 0.3) is 15.6 Å². The van der Waals surface area contributed by atoms with Gasteiger partial charge in [0.2, 0.25) is 0 Å². The quantitative estimate of drug-likeness (QED) is 0.783. The van der Waals surface area contributed by atoms with Crippen molar-refractivity contribution in [1.29, 1.82) is 0 Å². The number of fused-ring (bicyclic) bond motifs is 1. The molecule has 9 heteroatoms. The Bertz CT molecular complexity index is 979. The summed E-state index contributed by atoms with van der Waals surface area (Å²) in [5, 5.41) is 4.59. The third-order valence-electron chi connectivity index (χ3n) is 5.23. The molecule has 1 aliphatic carbocycles. The van der Waals surface area contributed by atoms with Crippen LogP contribution in [-0.2, 0) is 36.5 Å². The average Bonchev–Trinajstić information content (AvgIpc) is 3.25. The minimum atomic E-state index is -3.66. The molecule has 8 nitrogen and oxygen atoms in total. The molecule has 2 aliphatic rings. The van der Waals surface area contributed by atoms with Gasteiger partial charge in [-0.1, -0.05) is 0 Å². The molecular weight excluding hydrogens is 354 g/mol. The van der Waals surface area contributed by atoms with Crippen molar-refractivity contribution in [2.75, 3.05) is 6.54 Å². The zero-order valence-electron chi connectivity index (χ0n) is 14.8. The summed E-state index contributed by atoms with van der Waals surface area (Å²) in [6, 6.07) is 1.41. The maximum Gasteiger partial charge on any atom is 0.267 e. The molecule has 140 valence electrons. The fraction of sp³-hybridized carbons (Fsp3) is 0.588. The minimum Gasteiger partial charge on any atom is -0.339 e. The standard InChI is InChI=1S/C17H23N5O3S/c1-20-11-16(18-12-20)26(24,25)22-8-4-6-14(22)10-21-17(23)9-13-5-2-3-7-15(13)19-21/h9,11-12,14H,2-8,10H2,1H3. The van der Waals surface area contributed by atoms with Crippen molar-refractivity contribution in [2.24, 2.45) is 7.05 Å². The lowest BCUT2D eigenvalue weighted by atomic mass is 9.97. The van der Waals surface area contributed by atoms with Crippen LogP contribution in [0, 0.1) is 0 Å². The lowest BCUT2D eigenvalue weighted by Crippen LogP contribution is -2.41. The summed E-state index contributed by atoms with van der Waals surface area (Å²) in [6.45, 7) is 0.738. The van der Waals surface area contributed by atoms with Crippen LogP contribution in [0.3, 0.4) is 0 Å². The zero-order valence-corrected chi connectivity index (χ0v) is 15.7. The first kappa shape index (κ1) is 17.4. The molecule has 1 fully saturated rings. The molecule has 4 rings (SSSR count). The van der Waals surface area contributed by atoms with Gasteiger partial charge in [0.15, 0.2) is 5.03 Å². The summed E-state index contributed by atoms with van der Waals surface area (Å²) in [4.78, 5) is 16.4. The topological polar surface area (TPSA) is 90.1 Å².